The fourth-order valence-corrected chi connectivity index (χ4v) is 2.93. The minimum Gasteiger partial charge on any atom is -0.493 e. The number of carbonyl (C=O) groups is 1. The van der Waals surface area contributed by atoms with Gasteiger partial charge in [0.2, 0.25) is 0 Å². The van der Waals surface area contributed by atoms with E-state index in [1.165, 1.54) is 0 Å². The zero-order valence-electron chi connectivity index (χ0n) is 17.4. The number of anilines is 2. The Kier molecular flexibility index (Phi) is 7.52. The molecule has 0 aliphatic carbocycles. The summed E-state index contributed by atoms with van der Waals surface area (Å²) in [4.78, 5) is 16.6. The summed E-state index contributed by atoms with van der Waals surface area (Å²) in [5, 5.41) is 5.76. The molecule has 0 aliphatic heterocycles. The Bertz CT molecular complexity index is 776. The van der Waals surface area contributed by atoms with Crippen LogP contribution in [-0.4, -0.2) is 59.9 Å². The molecule has 1 atom stereocenters. The number of hydrogen-bond donors (Lipinski definition) is 2. The van der Waals surface area contributed by atoms with Crippen LogP contribution in [0.4, 0.5) is 16.2 Å². The lowest BCUT2D eigenvalue weighted by molar-refractivity contribution is 0.243. The van der Waals surface area contributed by atoms with Crippen LogP contribution in [0.15, 0.2) is 42.5 Å². The Hall–Kier alpha value is -2.93. The van der Waals surface area contributed by atoms with E-state index in [9.17, 15) is 4.79 Å². The van der Waals surface area contributed by atoms with E-state index in [0.29, 0.717) is 23.7 Å². The van der Waals surface area contributed by atoms with E-state index < -0.39 is 0 Å². The van der Waals surface area contributed by atoms with E-state index in [2.05, 4.69) is 44.7 Å². The van der Waals surface area contributed by atoms with E-state index in [1.807, 2.05) is 28.2 Å². The van der Waals surface area contributed by atoms with Crippen molar-refractivity contribution < 1.29 is 14.3 Å². The van der Waals surface area contributed by atoms with Gasteiger partial charge in [0.15, 0.2) is 11.5 Å². The molecule has 152 valence electrons. The van der Waals surface area contributed by atoms with Crippen LogP contribution in [0.25, 0.3) is 0 Å². The number of carbonyl (C=O) groups excluding carboxylic acids is 1. The summed E-state index contributed by atoms with van der Waals surface area (Å²) in [6.45, 7) is 0.465. The van der Waals surface area contributed by atoms with Crippen molar-refractivity contribution in [1.29, 1.82) is 0 Å². The van der Waals surface area contributed by atoms with Gasteiger partial charge in [-0.25, -0.2) is 4.79 Å². The van der Waals surface area contributed by atoms with Gasteiger partial charge in [-0.15, -0.1) is 0 Å². The molecule has 2 aromatic rings. The number of methoxy groups -OCH3 is 2. The summed E-state index contributed by atoms with van der Waals surface area (Å²) in [7, 11) is 11.1. The number of likely N-dealkylation sites (N-methyl/N-ethyl adjacent to an activating group) is 1. The van der Waals surface area contributed by atoms with Crippen LogP contribution in [-0.2, 0) is 0 Å². The van der Waals surface area contributed by atoms with Crippen molar-refractivity contribution in [2.45, 2.75) is 6.04 Å². The summed E-state index contributed by atoms with van der Waals surface area (Å²) in [6, 6.07) is 13.4. The molecule has 2 aromatic carbocycles. The first-order valence-corrected chi connectivity index (χ1v) is 9.07. The fraction of sp³-hybridized carbons (Fsp3) is 0.381. The number of hydrogen-bond acceptors (Lipinski definition) is 5. The Morgan fingerprint density at radius 2 is 1.68 bits per heavy atom. The van der Waals surface area contributed by atoms with E-state index >= 15 is 0 Å². The highest BCUT2D eigenvalue weighted by Crippen LogP contribution is 2.34. The van der Waals surface area contributed by atoms with Crippen LogP contribution < -0.4 is 25.0 Å². The molecule has 0 saturated carbocycles. The lowest BCUT2D eigenvalue weighted by Gasteiger charge is -2.26. The van der Waals surface area contributed by atoms with Gasteiger partial charge >= 0.3 is 6.03 Å². The maximum Gasteiger partial charge on any atom is 0.319 e. The van der Waals surface area contributed by atoms with Crippen LogP contribution in [0, 0.1) is 0 Å². The Balaban J connectivity index is 2.05. The number of amides is 2. The molecule has 0 spiro atoms. The van der Waals surface area contributed by atoms with Crippen molar-refractivity contribution in [3.63, 3.8) is 0 Å². The van der Waals surface area contributed by atoms with Crippen molar-refractivity contribution in [3.8, 4) is 11.5 Å². The molecule has 0 bridgehead atoms. The molecule has 0 aromatic heterocycles. The van der Waals surface area contributed by atoms with Gasteiger partial charge in [0.05, 0.1) is 25.9 Å². The summed E-state index contributed by atoms with van der Waals surface area (Å²) in [6.07, 6.45) is 0. The molecule has 2 N–H and O–H groups in total. The topological polar surface area (TPSA) is 66.1 Å². The van der Waals surface area contributed by atoms with Gasteiger partial charge in [-0.1, -0.05) is 18.2 Å². The van der Waals surface area contributed by atoms with Gasteiger partial charge < -0.3 is 29.9 Å². The molecule has 28 heavy (non-hydrogen) atoms. The van der Waals surface area contributed by atoms with Gasteiger partial charge in [0.25, 0.3) is 0 Å². The fourth-order valence-electron chi connectivity index (χ4n) is 2.93. The average Bonchev–Trinajstić information content (AvgIpc) is 2.68. The smallest absolute Gasteiger partial charge is 0.319 e. The van der Waals surface area contributed by atoms with E-state index in [-0.39, 0.29) is 12.1 Å². The zero-order valence-corrected chi connectivity index (χ0v) is 17.4. The molecule has 0 saturated heterocycles. The maximum atomic E-state index is 12.4. The zero-order chi connectivity index (χ0) is 20.7. The number of nitrogens with zero attached hydrogens (tertiary/aromatic N) is 2. The number of benzene rings is 2. The van der Waals surface area contributed by atoms with Gasteiger partial charge in [0.1, 0.15) is 0 Å². The molecule has 0 heterocycles. The van der Waals surface area contributed by atoms with Crippen molar-refractivity contribution in [1.82, 2.24) is 10.2 Å². The molecule has 7 nitrogen and oxygen atoms in total. The molecular weight excluding hydrogens is 356 g/mol. The van der Waals surface area contributed by atoms with Gasteiger partial charge in [-0.05, 0) is 43.9 Å². The standard InChI is InChI=1S/C21H30N4O3/c1-24(2)16-12-10-15(11-13-16)18(25(3)4)14-22-21(26)23-17-8-7-9-19(27-5)20(17)28-6/h7-13,18H,14H2,1-6H3,(H2,22,23,26). The molecular formula is C21H30N4O3. The minimum absolute atomic E-state index is 0.0502. The highest BCUT2D eigenvalue weighted by atomic mass is 16.5. The first-order chi connectivity index (χ1) is 13.4. The van der Waals surface area contributed by atoms with Crippen LogP contribution in [0.5, 0.6) is 11.5 Å². The normalized spacial score (nSPS) is 11.7. The number of para-hydroxylation sites is 1. The second-order valence-electron chi connectivity index (χ2n) is 6.84. The van der Waals surface area contributed by atoms with Gasteiger partial charge in [-0.2, -0.15) is 0 Å². The Morgan fingerprint density at radius 3 is 2.21 bits per heavy atom. The van der Waals surface area contributed by atoms with E-state index in [1.54, 1.807) is 32.4 Å². The van der Waals surface area contributed by atoms with Crippen LogP contribution in [0.1, 0.15) is 11.6 Å². The minimum atomic E-state index is -0.302. The predicted molar refractivity (Wildman–Crippen MR) is 114 cm³/mol. The Labute approximate surface area is 167 Å². The third kappa shape index (κ3) is 5.29. The lowest BCUT2D eigenvalue weighted by Crippen LogP contribution is -2.37. The molecule has 2 amide bonds. The van der Waals surface area contributed by atoms with Crippen LogP contribution in [0.3, 0.4) is 0 Å². The average molecular weight is 386 g/mol. The molecule has 2 rings (SSSR count). The third-order valence-corrected chi connectivity index (χ3v) is 4.52. The molecule has 0 fully saturated rings. The maximum absolute atomic E-state index is 12.4. The lowest BCUT2D eigenvalue weighted by atomic mass is 10.1. The largest absolute Gasteiger partial charge is 0.493 e. The summed E-state index contributed by atoms with van der Waals surface area (Å²) in [5.74, 6) is 1.05. The molecule has 0 aliphatic rings. The highest BCUT2D eigenvalue weighted by Gasteiger charge is 2.17. The predicted octanol–water partition coefficient (Wildman–Crippen LogP) is 3.19. The first-order valence-electron chi connectivity index (χ1n) is 9.07. The van der Waals surface area contributed by atoms with Gasteiger partial charge in [-0.3, -0.25) is 0 Å². The second kappa shape index (κ2) is 9.85. The summed E-state index contributed by atoms with van der Waals surface area (Å²) < 4.78 is 10.6. The number of urea groups is 1. The Morgan fingerprint density at radius 1 is 1.00 bits per heavy atom. The van der Waals surface area contributed by atoms with Crippen molar-refractivity contribution in [3.05, 3.63) is 48.0 Å². The summed E-state index contributed by atoms with van der Waals surface area (Å²) >= 11 is 0. The number of ether oxygens (including phenoxy) is 2. The molecule has 1 unspecified atom stereocenters. The quantitative estimate of drug-likeness (QED) is 0.729. The van der Waals surface area contributed by atoms with E-state index in [4.69, 9.17) is 9.47 Å². The SMILES string of the molecule is COc1cccc(NC(=O)NCC(c2ccc(N(C)C)cc2)N(C)C)c1OC. The third-order valence-electron chi connectivity index (χ3n) is 4.52. The summed E-state index contributed by atoms with van der Waals surface area (Å²) in [5.41, 5.74) is 2.82. The van der Waals surface area contributed by atoms with E-state index in [0.717, 1.165) is 11.3 Å². The van der Waals surface area contributed by atoms with Crippen molar-refractivity contribution >= 4 is 17.4 Å². The number of rotatable bonds is 8. The van der Waals surface area contributed by atoms with Crippen LogP contribution >= 0.6 is 0 Å². The number of nitrogens with one attached hydrogen (secondary N) is 2. The monoisotopic (exact) mass is 386 g/mol. The van der Waals surface area contributed by atoms with Crippen LogP contribution in [0.2, 0.25) is 0 Å². The van der Waals surface area contributed by atoms with Crippen molar-refractivity contribution in [2.75, 3.05) is 59.2 Å². The molecule has 7 heteroatoms. The second-order valence-corrected chi connectivity index (χ2v) is 6.84. The molecule has 0 radical (unpaired) electrons. The van der Waals surface area contributed by atoms with Gasteiger partial charge in [0, 0.05) is 26.3 Å². The van der Waals surface area contributed by atoms with Crippen molar-refractivity contribution in [2.24, 2.45) is 0 Å². The highest BCUT2D eigenvalue weighted by molar-refractivity contribution is 5.91. The first kappa shape index (κ1) is 21.4.